The van der Waals surface area contributed by atoms with Gasteiger partial charge >= 0.3 is 0 Å². The molecule has 0 saturated carbocycles. The van der Waals surface area contributed by atoms with Crippen LogP contribution in [0.25, 0.3) is 11.1 Å². The molecule has 0 fully saturated rings. The summed E-state index contributed by atoms with van der Waals surface area (Å²) >= 11 is 0. The van der Waals surface area contributed by atoms with Crippen LogP contribution in [-0.4, -0.2) is 0 Å². The minimum absolute atomic E-state index is 0.0385. The smallest absolute Gasteiger partial charge is 0.0484 e. The molecule has 0 radical (unpaired) electrons. The Bertz CT molecular complexity index is 2090. The fraction of sp³-hybridized carbons (Fsp3) is 0.412. The Morgan fingerprint density at radius 1 is 0.491 bits per heavy atom. The van der Waals surface area contributed by atoms with Gasteiger partial charge in [0.1, 0.15) is 0 Å². The second-order valence-corrected chi connectivity index (χ2v) is 20.1. The molecule has 53 heavy (non-hydrogen) atoms. The number of hydrogen-bond acceptors (Lipinski definition) is 2. The van der Waals surface area contributed by atoms with E-state index in [9.17, 15) is 0 Å². The van der Waals surface area contributed by atoms with Gasteiger partial charge in [0.25, 0.3) is 0 Å². The maximum Gasteiger partial charge on any atom is 0.0484 e. The molecule has 0 atom stereocenters. The molecule has 0 aliphatic heterocycles. The summed E-state index contributed by atoms with van der Waals surface area (Å²) in [5.74, 6) is 0. The van der Waals surface area contributed by atoms with E-state index in [0.29, 0.717) is 0 Å². The molecule has 0 spiro atoms. The molecule has 1 aliphatic rings. The van der Waals surface area contributed by atoms with Crippen molar-refractivity contribution in [1.82, 2.24) is 0 Å². The van der Waals surface area contributed by atoms with Crippen LogP contribution in [0.4, 0.5) is 28.4 Å². The van der Waals surface area contributed by atoms with E-state index in [0.717, 1.165) is 22.7 Å². The summed E-state index contributed by atoms with van der Waals surface area (Å²) in [6.45, 7) is 32.4. The minimum Gasteiger partial charge on any atom is -0.355 e. The topological polar surface area (TPSA) is 15.3 Å². The standard InChI is InChI=1S/C51H64N2/c1-34-29-39(52-46-26-21-38(49(8,9)10)31-43(46)35-15-17-36(18-16-35)47(2,3)4)32-42(30-34)53(40-22-19-37(20-23-40)48(5,6)7)41-24-25-44-45(33-41)51(13,14)28-27-50(44,11)12/h15-26,29-33,52H,27-28H2,1-14H3. The molecule has 0 aromatic heterocycles. The van der Waals surface area contributed by atoms with E-state index in [1.54, 1.807) is 0 Å². The first kappa shape index (κ1) is 38.4. The maximum absolute atomic E-state index is 3.91. The third kappa shape index (κ3) is 8.13. The monoisotopic (exact) mass is 705 g/mol. The molecule has 5 aromatic carbocycles. The average Bonchev–Trinajstić information content (AvgIpc) is 3.06. The number of hydrogen-bond donors (Lipinski definition) is 1. The third-order valence-electron chi connectivity index (χ3n) is 11.6. The van der Waals surface area contributed by atoms with Crippen LogP contribution in [-0.2, 0) is 27.1 Å². The van der Waals surface area contributed by atoms with Gasteiger partial charge in [-0.1, -0.05) is 139 Å². The lowest BCUT2D eigenvalue weighted by Crippen LogP contribution is -2.34. The van der Waals surface area contributed by atoms with E-state index >= 15 is 0 Å². The van der Waals surface area contributed by atoms with Crippen LogP contribution < -0.4 is 10.2 Å². The zero-order valence-electron chi connectivity index (χ0n) is 35.2. The summed E-state index contributed by atoms with van der Waals surface area (Å²) in [6, 6.07) is 39.4. The fourth-order valence-corrected chi connectivity index (χ4v) is 7.90. The molecule has 0 saturated heterocycles. The molecule has 2 heteroatoms. The average molecular weight is 705 g/mol. The first-order valence-electron chi connectivity index (χ1n) is 19.7. The van der Waals surface area contributed by atoms with Crippen molar-refractivity contribution in [2.24, 2.45) is 0 Å². The second kappa shape index (κ2) is 13.5. The van der Waals surface area contributed by atoms with Gasteiger partial charge in [0.15, 0.2) is 0 Å². The molecule has 278 valence electrons. The molecule has 0 bridgehead atoms. The summed E-state index contributed by atoms with van der Waals surface area (Å²) in [6.07, 6.45) is 2.39. The summed E-state index contributed by atoms with van der Waals surface area (Å²) in [5, 5.41) is 3.91. The quantitative estimate of drug-likeness (QED) is 0.189. The number of fused-ring (bicyclic) bond motifs is 1. The number of aryl methyl sites for hydroxylation is 1. The van der Waals surface area contributed by atoms with Crippen molar-refractivity contribution in [3.63, 3.8) is 0 Å². The van der Waals surface area contributed by atoms with Crippen LogP contribution in [0.3, 0.4) is 0 Å². The molecule has 0 heterocycles. The number of nitrogens with zero attached hydrogens (tertiary/aromatic N) is 1. The van der Waals surface area contributed by atoms with Crippen LogP contribution in [0.5, 0.6) is 0 Å². The Labute approximate surface area is 322 Å². The van der Waals surface area contributed by atoms with Crippen molar-refractivity contribution in [2.75, 3.05) is 10.2 Å². The first-order valence-corrected chi connectivity index (χ1v) is 19.7. The van der Waals surface area contributed by atoms with Crippen molar-refractivity contribution in [2.45, 2.75) is 137 Å². The van der Waals surface area contributed by atoms with Gasteiger partial charge in [0, 0.05) is 34.0 Å². The lowest BCUT2D eigenvalue weighted by molar-refractivity contribution is 0.332. The number of rotatable bonds is 6. The van der Waals surface area contributed by atoms with Crippen LogP contribution in [0.15, 0.2) is 103 Å². The zero-order valence-corrected chi connectivity index (χ0v) is 35.2. The SMILES string of the molecule is Cc1cc(Nc2ccc(C(C)(C)C)cc2-c2ccc(C(C)(C)C)cc2)cc(N(c2ccc(C(C)(C)C)cc2)c2ccc3c(c2)C(C)(C)CCC3(C)C)c1. The Kier molecular flexibility index (Phi) is 9.81. The van der Waals surface area contributed by atoms with Gasteiger partial charge in [0.2, 0.25) is 0 Å². The highest BCUT2D eigenvalue weighted by Crippen LogP contribution is 2.48. The molecule has 1 aliphatic carbocycles. The molecular formula is C51H64N2. The third-order valence-corrected chi connectivity index (χ3v) is 11.6. The van der Waals surface area contributed by atoms with Crippen LogP contribution in [0.1, 0.15) is 136 Å². The molecule has 0 unspecified atom stereocenters. The fourth-order valence-electron chi connectivity index (χ4n) is 7.90. The van der Waals surface area contributed by atoms with E-state index in [1.165, 1.54) is 63.0 Å². The predicted molar refractivity (Wildman–Crippen MR) is 232 cm³/mol. The van der Waals surface area contributed by atoms with Gasteiger partial charge in [-0.25, -0.2) is 0 Å². The van der Waals surface area contributed by atoms with E-state index in [1.807, 2.05) is 0 Å². The van der Waals surface area contributed by atoms with Crippen LogP contribution in [0.2, 0.25) is 0 Å². The van der Waals surface area contributed by atoms with Crippen molar-refractivity contribution < 1.29 is 0 Å². The molecule has 5 aromatic rings. The highest BCUT2D eigenvalue weighted by atomic mass is 15.1. The summed E-state index contributed by atoms with van der Waals surface area (Å²) < 4.78 is 0. The Hall–Kier alpha value is -4.30. The van der Waals surface area contributed by atoms with E-state index < -0.39 is 0 Å². The summed E-state index contributed by atoms with van der Waals surface area (Å²) in [4.78, 5) is 2.46. The largest absolute Gasteiger partial charge is 0.355 e. The van der Waals surface area contributed by atoms with Crippen molar-refractivity contribution in [3.8, 4) is 11.1 Å². The molecule has 1 N–H and O–H groups in total. The predicted octanol–water partition coefficient (Wildman–Crippen LogP) is 15.1. The van der Waals surface area contributed by atoms with Gasteiger partial charge in [-0.05, 0) is 140 Å². The lowest BCUT2D eigenvalue weighted by Gasteiger charge is -2.42. The number of nitrogens with one attached hydrogen (secondary N) is 1. The Balaban J connectivity index is 1.48. The number of anilines is 5. The number of benzene rings is 5. The minimum atomic E-state index is 0.0385. The highest BCUT2D eigenvalue weighted by Gasteiger charge is 2.37. The van der Waals surface area contributed by atoms with E-state index in [4.69, 9.17) is 0 Å². The molecule has 6 rings (SSSR count). The van der Waals surface area contributed by atoms with Crippen LogP contribution >= 0.6 is 0 Å². The van der Waals surface area contributed by atoms with Crippen molar-refractivity contribution in [3.05, 3.63) is 137 Å². The van der Waals surface area contributed by atoms with Crippen molar-refractivity contribution >= 4 is 28.4 Å². The summed E-state index contributed by atoms with van der Waals surface area (Å²) in [5.41, 5.74) is 16.8. The molecular weight excluding hydrogens is 641 g/mol. The van der Waals surface area contributed by atoms with Gasteiger partial charge < -0.3 is 10.2 Å². The maximum atomic E-state index is 3.91. The second-order valence-electron chi connectivity index (χ2n) is 20.1. The Morgan fingerprint density at radius 3 is 1.57 bits per heavy atom. The van der Waals surface area contributed by atoms with Crippen molar-refractivity contribution in [1.29, 1.82) is 0 Å². The van der Waals surface area contributed by atoms with E-state index in [2.05, 4.69) is 210 Å². The van der Waals surface area contributed by atoms with Gasteiger partial charge in [-0.3, -0.25) is 0 Å². The molecule has 2 nitrogen and oxygen atoms in total. The van der Waals surface area contributed by atoms with Gasteiger partial charge in [0.05, 0.1) is 0 Å². The highest BCUT2D eigenvalue weighted by molar-refractivity contribution is 5.85. The normalized spacial score (nSPS) is 15.5. The van der Waals surface area contributed by atoms with Crippen LogP contribution in [0, 0.1) is 6.92 Å². The lowest BCUT2D eigenvalue weighted by atomic mass is 9.63. The Morgan fingerprint density at radius 2 is 1.00 bits per heavy atom. The summed E-state index contributed by atoms with van der Waals surface area (Å²) in [7, 11) is 0. The first-order chi connectivity index (χ1) is 24.5. The molecule has 0 amide bonds. The van der Waals surface area contributed by atoms with Gasteiger partial charge in [-0.15, -0.1) is 0 Å². The van der Waals surface area contributed by atoms with Gasteiger partial charge in [-0.2, -0.15) is 0 Å². The zero-order chi connectivity index (χ0) is 38.7. The van der Waals surface area contributed by atoms with E-state index in [-0.39, 0.29) is 27.1 Å².